The summed E-state index contributed by atoms with van der Waals surface area (Å²) in [5.74, 6) is 0.916. The minimum Gasteiger partial charge on any atom is -0.393 e. The van der Waals surface area contributed by atoms with Gasteiger partial charge in [-0.1, -0.05) is 29.8 Å². The van der Waals surface area contributed by atoms with Crippen molar-refractivity contribution in [3.05, 3.63) is 83.6 Å². The van der Waals surface area contributed by atoms with Gasteiger partial charge in [0.15, 0.2) is 0 Å². The van der Waals surface area contributed by atoms with Crippen molar-refractivity contribution in [3.63, 3.8) is 0 Å². The van der Waals surface area contributed by atoms with E-state index in [1.807, 2.05) is 61.2 Å². The number of nitriles is 1. The molecule has 0 saturated carbocycles. The molecule has 0 aliphatic carbocycles. The van der Waals surface area contributed by atoms with Crippen molar-refractivity contribution >= 4 is 29.0 Å². The highest BCUT2D eigenvalue weighted by Crippen LogP contribution is 2.29. The molecule has 0 spiro atoms. The molecule has 11 heteroatoms. The Morgan fingerprint density at radius 3 is 2.57 bits per heavy atom. The Kier molecular flexibility index (Phi) is 8.26. The summed E-state index contributed by atoms with van der Waals surface area (Å²) in [7, 11) is 5.64. The lowest BCUT2D eigenvalue weighted by Crippen LogP contribution is -2.51. The molecule has 214 valence electrons. The number of nitrogens with zero attached hydrogens (tertiary/aromatic N) is 8. The maximum absolute atomic E-state index is 13.6. The molecule has 4 heterocycles. The van der Waals surface area contributed by atoms with Crippen molar-refractivity contribution in [2.75, 3.05) is 52.2 Å². The van der Waals surface area contributed by atoms with E-state index in [0.29, 0.717) is 54.2 Å². The van der Waals surface area contributed by atoms with Gasteiger partial charge in [-0.3, -0.25) is 9.69 Å². The lowest BCUT2D eigenvalue weighted by Gasteiger charge is -2.38. The van der Waals surface area contributed by atoms with Crippen LogP contribution in [-0.4, -0.2) is 88.8 Å². The SMILES string of the molecule is CN/C=C(\C=N)c1cn2ncc(C#N)c2c(-c2ccc(N3CCN(C(=O)C(c4cccc(C)c4)N(C)C)CC3)nc2)n1. The number of likely N-dealkylation sites (N-methyl/N-ethyl adjacent to an activating group) is 1. The van der Waals surface area contributed by atoms with E-state index in [-0.39, 0.29) is 11.9 Å². The number of carbonyl (C=O) groups is 1. The van der Waals surface area contributed by atoms with Crippen LogP contribution in [0.1, 0.15) is 28.4 Å². The Morgan fingerprint density at radius 2 is 1.95 bits per heavy atom. The van der Waals surface area contributed by atoms with Crippen LogP contribution in [0.5, 0.6) is 0 Å². The van der Waals surface area contributed by atoms with Gasteiger partial charge in [0, 0.05) is 63.0 Å². The molecule has 42 heavy (non-hydrogen) atoms. The summed E-state index contributed by atoms with van der Waals surface area (Å²) in [6.07, 6.45) is 7.87. The third-order valence-electron chi connectivity index (χ3n) is 7.41. The molecule has 1 unspecified atom stereocenters. The van der Waals surface area contributed by atoms with Crippen LogP contribution in [0.4, 0.5) is 5.82 Å². The summed E-state index contributed by atoms with van der Waals surface area (Å²) < 4.78 is 1.62. The van der Waals surface area contributed by atoms with Crippen LogP contribution in [0.15, 0.2) is 61.2 Å². The van der Waals surface area contributed by atoms with Crippen LogP contribution >= 0.6 is 0 Å². The highest BCUT2D eigenvalue weighted by Gasteiger charge is 2.30. The molecule has 4 aromatic rings. The number of anilines is 1. The summed E-state index contributed by atoms with van der Waals surface area (Å²) in [5.41, 5.74) is 5.54. The van der Waals surface area contributed by atoms with Gasteiger partial charge in [-0.2, -0.15) is 10.4 Å². The summed E-state index contributed by atoms with van der Waals surface area (Å²) in [6.45, 7) is 4.59. The van der Waals surface area contributed by atoms with Crippen molar-refractivity contribution in [1.29, 1.82) is 10.7 Å². The zero-order valence-corrected chi connectivity index (χ0v) is 24.2. The number of fused-ring (bicyclic) bond motifs is 1. The average Bonchev–Trinajstić information content (AvgIpc) is 3.43. The van der Waals surface area contributed by atoms with Gasteiger partial charge in [0.2, 0.25) is 5.91 Å². The number of pyridine rings is 1. The Balaban J connectivity index is 1.36. The molecule has 3 aromatic heterocycles. The van der Waals surface area contributed by atoms with E-state index in [9.17, 15) is 10.1 Å². The van der Waals surface area contributed by atoms with E-state index in [0.717, 1.165) is 22.5 Å². The minimum atomic E-state index is -0.327. The Hall–Kier alpha value is -5.08. The smallest absolute Gasteiger partial charge is 0.244 e. The molecule has 1 amide bonds. The van der Waals surface area contributed by atoms with Crippen molar-refractivity contribution in [3.8, 4) is 17.3 Å². The number of aryl methyl sites for hydroxylation is 1. The first-order chi connectivity index (χ1) is 20.3. The quantitative estimate of drug-likeness (QED) is 0.314. The molecule has 1 aliphatic heterocycles. The van der Waals surface area contributed by atoms with Gasteiger partial charge in [0.25, 0.3) is 0 Å². The third kappa shape index (κ3) is 5.57. The number of carbonyl (C=O) groups excluding carboxylic acids is 1. The monoisotopic (exact) mass is 562 g/mol. The van der Waals surface area contributed by atoms with Crippen molar-refractivity contribution in [2.24, 2.45) is 0 Å². The average molecular weight is 563 g/mol. The number of rotatable bonds is 8. The number of benzene rings is 1. The van der Waals surface area contributed by atoms with E-state index in [2.05, 4.69) is 27.5 Å². The number of aromatic nitrogens is 4. The maximum atomic E-state index is 13.6. The molecule has 0 bridgehead atoms. The number of allylic oxidation sites excluding steroid dienone is 1. The molecule has 2 N–H and O–H groups in total. The van der Waals surface area contributed by atoms with E-state index in [1.165, 1.54) is 12.4 Å². The molecule has 1 atom stereocenters. The van der Waals surface area contributed by atoms with Crippen molar-refractivity contribution in [1.82, 2.24) is 34.7 Å². The van der Waals surface area contributed by atoms with Crippen LogP contribution in [0, 0.1) is 23.7 Å². The van der Waals surface area contributed by atoms with E-state index in [4.69, 9.17) is 15.4 Å². The summed E-state index contributed by atoms with van der Waals surface area (Å²) in [4.78, 5) is 29.2. The predicted molar refractivity (Wildman–Crippen MR) is 163 cm³/mol. The molecule has 0 radical (unpaired) electrons. The van der Waals surface area contributed by atoms with Crippen LogP contribution in [0.25, 0.3) is 22.3 Å². The largest absolute Gasteiger partial charge is 0.393 e. The zero-order chi connectivity index (χ0) is 29.8. The second-order valence-corrected chi connectivity index (χ2v) is 10.5. The van der Waals surface area contributed by atoms with Gasteiger partial charge < -0.3 is 20.5 Å². The Labute approximate surface area is 245 Å². The first-order valence-electron chi connectivity index (χ1n) is 13.7. The fourth-order valence-corrected chi connectivity index (χ4v) is 5.33. The van der Waals surface area contributed by atoms with E-state index >= 15 is 0 Å². The first-order valence-corrected chi connectivity index (χ1v) is 13.7. The fraction of sp³-hybridized carbons (Fsp3) is 0.290. The van der Waals surface area contributed by atoms with E-state index < -0.39 is 0 Å². The fourth-order valence-electron chi connectivity index (χ4n) is 5.33. The van der Waals surface area contributed by atoms with Gasteiger partial charge in [-0.05, 0) is 38.7 Å². The van der Waals surface area contributed by atoms with Gasteiger partial charge in [0.05, 0.1) is 23.8 Å². The summed E-state index contributed by atoms with van der Waals surface area (Å²) in [6, 6.07) is 13.9. The zero-order valence-electron chi connectivity index (χ0n) is 24.2. The first kappa shape index (κ1) is 28.4. The van der Waals surface area contributed by atoms with Crippen molar-refractivity contribution in [2.45, 2.75) is 13.0 Å². The van der Waals surface area contributed by atoms with Crippen LogP contribution in [-0.2, 0) is 4.79 Å². The molecule has 11 nitrogen and oxygen atoms in total. The Morgan fingerprint density at radius 1 is 1.17 bits per heavy atom. The van der Waals surface area contributed by atoms with Gasteiger partial charge in [0.1, 0.15) is 29.0 Å². The number of hydrogen-bond donors (Lipinski definition) is 2. The lowest BCUT2D eigenvalue weighted by molar-refractivity contribution is -0.136. The highest BCUT2D eigenvalue weighted by atomic mass is 16.2. The van der Waals surface area contributed by atoms with Gasteiger partial charge in [-0.15, -0.1) is 0 Å². The molecule has 1 aromatic carbocycles. The number of amides is 1. The van der Waals surface area contributed by atoms with Gasteiger partial charge in [-0.25, -0.2) is 14.5 Å². The molecular formula is C31H34N10O. The summed E-state index contributed by atoms with van der Waals surface area (Å²) in [5, 5.41) is 24.8. The molecule has 5 rings (SSSR count). The second-order valence-electron chi connectivity index (χ2n) is 10.5. The number of nitrogens with one attached hydrogen (secondary N) is 2. The standard InChI is InChI=1S/C31H34N10O/c1-21-6-5-7-22(14-21)30(38(3)4)31(42)40-12-10-39(11-13-40)27-9-8-23(18-35-27)28-29-25(16-33)19-36-41(29)20-26(37-28)24(15-32)17-34-2/h5-9,14-15,17-20,30,32,34H,10-13H2,1-4H3/b24-17+,32-15?. The lowest BCUT2D eigenvalue weighted by atomic mass is 10.0. The van der Waals surface area contributed by atoms with E-state index in [1.54, 1.807) is 30.2 Å². The third-order valence-corrected chi connectivity index (χ3v) is 7.41. The normalized spacial score (nSPS) is 14.6. The Bertz CT molecular complexity index is 1670. The molecule has 1 fully saturated rings. The maximum Gasteiger partial charge on any atom is 0.244 e. The van der Waals surface area contributed by atoms with Crippen molar-refractivity contribution < 1.29 is 4.79 Å². The molecule has 1 saturated heterocycles. The minimum absolute atomic E-state index is 0.106. The highest BCUT2D eigenvalue weighted by molar-refractivity contribution is 6.07. The second kappa shape index (κ2) is 12.2. The predicted octanol–water partition coefficient (Wildman–Crippen LogP) is 3.13. The summed E-state index contributed by atoms with van der Waals surface area (Å²) >= 11 is 0. The van der Waals surface area contributed by atoms with Crippen LogP contribution in [0.2, 0.25) is 0 Å². The molecule has 1 aliphatic rings. The molecular weight excluding hydrogens is 528 g/mol. The van der Waals surface area contributed by atoms with Gasteiger partial charge >= 0.3 is 0 Å². The topological polar surface area (TPSA) is 130 Å². The van der Waals surface area contributed by atoms with Crippen LogP contribution in [0.3, 0.4) is 0 Å². The number of hydrogen-bond acceptors (Lipinski definition) is 9. The van der Waals surface area contributed by atoms with Crippen LogP contribution < -0.4 is 10.2 Å². The number of piperazine rings is 1.